The average molecular weight is 381 g/mol. The van der Waals surface area contributed by atoms with Gasteiger partial charge in [-0.3, -0.25) is 4.79 Å². The van der Waals surface area contributed by atoms with Crippen molar-refractivity contribution < 1.29 is 18.1 Å². The number of carbonyl (C=O) groups excluding carboxylic acids is 1. The van der Waals surface area contributed by atoms with Gasteiger partial charge < -0.3 is 10.2 Å². The smallest absolute Gasteiger partial charge is 0.279 e. The van der Waals surface area contributed by atoms with Crippen molar-refractivity contribution in [3.63, 3.8) is 0 Å². The highest BCUT2D eigenvalue weighted by atomic mass is 32.2. The van der Waals surface area contributed by atoms with Crippen LogP contribution in [0, 0.1) is 5.92 Å². The lowest BCUT2D eigenvalue weighted by molar-refractivity contribution is -0.897. The number of carbonyl (C=O) groups is 1. The second-order valence-corrected chi connectivity index (χ2v) is 9.58. The van der Waals surface area contributed by atoms with Crippen LogP contribution in [-0.4, -0.2) is 51.4 Å². The van der Waals surface area contributed by atoms with E-state index in [0.717, 1.165) is 38.3 Å². The molecule has 2 aliphatic heterocycles. The Morgan fingerprint density at radius 3 is 2.35 bits per heavy atom. The number of sulfonamides is 1. The van der Waals surface area contributed by atoms with E-state index in [9.17, 15) is 13.2 Å². The Hall–Kier alpha value is -1.44. The van der Waals surface area contributed by atoms with E-state index in [2.05, 4.69) is 12.2 Å². The van der Waals surface area contributed by atoms with Gasteiger partial charge >= 0.3 is 0 Å². The highest BCUT2D eigenvalue weighted by Crippen LogP contribution is 2.21. The first kappa shape index (κ1) is 19.3. The molecule has 0 aliphatic carbocycles. The first-order valence-electron chi connectivity index (χ1n) is 9.69. The van der Waals surface area contributed by atoms with Crippen molar-refractivity contribution in [1.29, 1.82) is 0 Å². The van der Waals surface area contributed by atoms with Gasteiger partial charge in [0.25, 0.3) is 5.91 Å². The van der Waals surface area contributed by atoms with E-state index in [1.165, 1.54) is 17.7 Å². The summed E-state index contributed by atoms with van der Waals surface area (Å²) in [6, 6.07) is 6.55. The predicted molar refractivity (Wildman–Crippen MR) is 102 cm³/mol. The molecule has 1 aromatic rings. The number of likely N-dealkylation sites (tertiary alicyclic amines) is 1. The molecule has 2 aliphatic rings. The normalized spacial score (nSPS) is 25.0. The minimum absolute atomic E-state index is 0.0128. The molecule has 7 heteroatoms. The van der Waals surface area contributed by atoms with E-state index in [1.54, 1.807) is 28.6 Å². The van der Waals surface area contributed by atoms with Crippen LogP contribution in [-0.2, 0) is 14.8 Å². The van der Waals surface area contributed by atoms with Gasteiger partial charge in [0.15, 0.2) is 6.54 Å². The SMILES string of the molecule is CC1CC[NH+](CC(=O)Nc2ccc(S(=O)(=O)N3CCCCC3)cc2)CC1. The van der Waals surface area contributed by atoms with Crippen LogP contribution >= 0.6 is 0 Å². The summed E-state index contributed by atoms with van der Waals surface area (Å²) in [5.41, 5.74) is 0.650. The van der Waals surface area contributed by atoms with Crippen LogP contribution in [0.1, 0.15) is 39.0 Å². The molecule has 3 rings (SSSR count). The second kappa shape index (κ2) is 8.50. The molecule has 2 saturated heterocycles. The van der Waals surface area contributed by atoms with E-state index >= 15 is 0 Å². The summed E-state index contributed by atoms with van der Waals surface area (Å²) in [6.07, 6.45) is 5.28. The van der Waals surface area contributed by atoms with E-state index < -0.39 is 10.0 Å². The summed E-state index contributed by atoms with van der Waals surface area (Å²) in [5.74, 6) is 0.748. The van der Waals surface area contributed by atoms with Crippen LogP contribution in [0.5, 0.6) is 0 Å². The molecule has 144 valence electrons. The molecule has 0 saturated carbocycles. The summed E-state index contributed by atoms with van der Waals surface area (Å²) in [5, 5.41) is 2.89. The number of rotatable bonds is 5. The summed E-state index contributed by atoms with van der Waals surface area (Å²) < 4.78 is 26.9. The Morgan fingerprint density at radius 1 is 1.12 bits per heavy atom. The Morgan fingerprint density at radius 2 is 1.73 bits per heavy atom. The Bertz CT molecular complexity index is 704. The van der Waals surface area contributed by atoms with Gasteiger partial charge in [0, 0.05) is 18.8 Å². The quantitative estimate of drug-likeness (QED) is 0.804. The minimum atomic E-state index is -3.42. The number of anilines is 1. The van der Waals surface area contributed by atoms with Crippen LogP contribution in [0.2, 0.25) is 0 Å². The standard InChI is InChI=1S/C19H29N3O3S/c1-16-9-13-21(14-10-16)15-19(23)20-17-5-7-18(8-6-17)26(24,25)22-11-3-2-4-12-22/h5-8,16H,2-4,9-15H2,1H3,(H,20,23)/p+1. The van der Waals surface area contributed by atoms with Crippen molar-refractivity contribution in [3.05, 3.63) is 24.3 Å². The molecule has 0 radical (unpaired) electrons. The maximum absolute atomic E-state index is 12.6. The molecule has 26 heavy (non-hydrogen) atoms. The van der Waals surface area contributed by atoms with Crippen LogP contribution in [0.15, 0.2) is 29.2 Å². The number of nitrogens with one attached hydrogen (secondary N) is 2. The first-order chi connectivity index (χ1) is 12.4. The number of nitrogens with zero attached hydrogens (tertiary/aromatic N) is 1. The van der Waals surface area contributed by atoms with E-state index in [4.69, 9.17) is 0 Å². The molecule has 2 fully saturated rings. The molecule has 6 nitrogen and oxygen atoms in total. The van der Waals surface area contributed by atoms with Crippen LogP contribution in [0.4, 0.5) is 5.69 Å². The monoisotopic (exact) mass is 380 g/mol. The molecular weight excluding hydrogens is 350 g/mol. The first-order valence-corrected chi connectivity index (χ1v) is 11.1. The zero-order valence-electron chi connectivity index (χ0n) is 15.5. The summed E-state index contributed by atoms with van der Waals surface area (Å²) >= 11 is 0. The fraction of sp³-hybridized carbons (Fsp3) is 0.632. The van der Waals surface area contributed by atoms with Gasteiger partial charge in [-0.05, 0) is 55.9 Å². The minimum Gasteiger partial charge on any atom is -0.327 e. The fourth-order valence-corrected chi connectivity index (χ4v) is 5.26. The summed E-state index contributed by atoms with van der Waals surface area (Å²) in [6.45, 7) is 6.01. The molecule has 0 atom stereocenters. The van der Waals surface area contributed by atoms with Crippen molar-refractivity contribution in [2.45, 2.75) is 43.9 Å². The maximum Gasteiger partial charge on any atom is 0.279 e. The number of hydrogen-bond acceptors (Lipinski definition) is 3. The van der Waals surface area contributed by atoms with Gasteiger partial charge in [-0.15, -0.1) is 0 Å². The molecule has 0 aromatic heterocycles. The van der Waals surface area contributed by atoms with Crippen molar-refractivity contribution in [3.8, 4) is 0 Å². The summed E-state index contributed by atoms with van der Waals surface area (Å²) in [4.78, 5) is 13.9. The Kier molecular flexibility index (Phi) is 6.32. The molecule has 1 aromatic carbocycles. The summed E-state index contributed by atoms with van der Waals surface area (Å²) in [7, 11) is -3.42. The Labute approximate surface area is 156 Å². The van der Waals surface area contributed by atoms with E-state index in [0.29, 0.717) is 30.2 Å². The van der Waals surface area contributed by atoms with E-state index in [1.807, 2.05) is 0 Å². The van der Waals surface area contributed by atoms with Gasteiger partial charge in [0.2, 0.25) is 10.0 Å². The van der Waals surface area contributed by atoms with Crippen molar-refractivity contribution in [2.75, 3.05) is 38.0 Å². The lowest BCUT2D eigenvalue weighted by Crippen LogP contribution is -3.14. The molecule has 2 heterocycles. The van der Waals surface area contributed by atoms with Gasteiger partial charge in [-0.1, -0.05) is 13.3 Å². The topological polar surface area (TPSA) is 70.9 Å². The molecule has 0 unspecified atom stereocenters. The predicted octanol–water partition coefficient (Wildman–Crippen LogP) is 1.11. The van der Waals surface area contributed by atoms with Crippen molar-refractivity contribution in [2.24, 2.45) is 5.92 Å². The van der Waals surface area contributed by atoms with Crippen LogP contribution < -0.4 is 10.2 Å². The molecular formula is C19H30N3O3S+. The molecule has 0 spiro atoms. The lowest BCUT2D eigenvalue weighted by Gasteiger charge is -2.26. The zero-order chi connectivity index (χ0) is 18.6. The third-order valence-electron chi connectivity index (χ3n) is 5.48. The number of benzene rings is 1. The van der Waals surface area contributed by atoms with Gasteiger partial charge in [0.1, 0.15) is 0 Å². The number of hydrogen-bond donors (Lipinski definition) is 2. The lowest BCUT2D eigenvalue weighted by atomic mass is 9.99. The maximum atomic E-state index is 12.6. The third kappa shape index (κ3) is 4.84. The highest BCUT2D eigenvalue weighted by molar-refractivity contribution is 7.89. The molecule has 1 amide bonds. The Balaban J connectivity index is 1.56. The largest absolute Gasteiger partial charge is 0.327 e. The zero-order valence-corrected chi connectivity index (χ0v) is 16.4. The highest BCUT2D eigenvalue weighted by Gasteiger charge is 2.26. The average Bonchev–Trinajstić information content (AvgIpc) is 2.65. The third-order valence-corrected chi connectivity index (χ3v) is 7.40. The van der Waals surface area contributed by atoms with Crippen molar-refractivity contribution in [1.82, 2.24) is 4.31 Å². The molecule has 2 N–H and O–H groups in total. The van der Waals surface area contributed by atoms with Gasteiger partial charge in [-0.25, -0.2) is 8.42 Å². The van der Waals surface area contributed by atoms with Gasteiger partial charge in [-0.2, -0.15) is 4.31 Å². The number of piperidine rings is 2. The van der Waals surface area contributed by atoms with Crippen LogP contribution in [0.25, 0.3) is 0 Å². The van der Waals surface area contributed by atoms with E-state index in [-0.39, 0.29) is 5.91 Å². The number of quaternary nitrogens is 1. The van der Waals surface area contributed by atoms with Gasteiger partial charge in [0.05, 0.1) is 18.0 Å². The molecule has 0 bridgehead atoms. The second-order valence-electron chi connectivity index (χ2n) is 7.65. The van der Waals surface area contributed by atoms with Crippen LogP contribution in [0.3, 0.4) is 0 Å². The number of amides is 1. The van der Waals surface area contributed by atoms with Crippen molar-refractivity contribution >= 4 is 21.6 Å². The fourth-order valence-electron chi connectivity index (χ4n) is 3.74.